The Balaban J connectivity index is 1.75. The summed E-state index contributed by atoms with van der Waals surface area (Å²) in [6.07, 6.45) is 3.12. The van der Waals surface area contributed by atoms with Gasteiger partial charge in [0.05, 0.1) is 16.8 Å². The minimum Gasteiger partial charge on any atom is -0.325 e. The highest BCUT2D eigenvalue weighted by atomic mass is 32.2. The van der Waals surface area contributed by atoms with E-state index in [0.717, 1.165) is 5.39 Å². The van der Waals surface area contributed by atoms with Gasteiger partial charge in [0.2, 0.25) is 5.91 Å². The number of aryl methyl sites for hydroxylation is 1. The van der Waals surface area contributed by atoms with Gasteiger partial charge in [0.25, 0.3) is 0 Å². The second-order valence-electron chi connectivity index (χ2n) is 4.94. The molecule has 1 N–H and O–H groups in total. The molecular formula is C15H14FN5OS. The Bertz CT molecular complexity index is 866. The highest BCUT2D eigenvalue weighted by molar-refractivity contribution is 8.00. The van der Waals surface area contributed by atoms with Crippen LogP contribution in [0.2, 0.25) is 0 Å². The number of anilines is 1. The van der Waals surface area contributed by atoms with Gasteiger partial charge in [-0.15, -0.1) is 0 Å². The second-order valence-corrected chi connectivity index (χ2v) is 6.27. The zero-order valence-electron chi connectivity index (χ0n) is 12.5. The molecule has 0 saturated heterocycles. The van der Waals surface area contributed by atoms with Gasteiger partial charge >= 0.3 is 0 Å². The third-order valence-corrected chi connectivity index (χ3v) is 4.36. The van der Waals surface area contributed by atoms with Crippen LogP contribution in [0.25, 0.3) is 11.0 Å². The van der Waals surface area contributed by atoms with Crippen LogP contribution in [0, 0.1) is 5.82 Å². The minimum absolute atomic E-state index is 0.226. The molecule has 0 spiro atoms. The van der Waals surface area contributed by atoms with Crippen molar-refractivity contribution in [1.29, 1.82) is 0 Å². The lowest BCUT2D eigenvalue weighted by Gasteiger charge is -2.12. The summed E-state index contributed by atoms with van der Waals surface area (Å²) in [7, 11) is 1.80. The molecule has 0 bridgehead atoms. The van der Waals surface area contributed by atoms with Gasteiger partial charge in [-0.3, -0.25) is 9.48 Å². The summed E-state index contributed by atoms with van der Waals surface area (Å²) >= 11 is 1.31. The number of hydrogen-bond donors (Lipinski definition) is 1. The van der Waals surface area contributed by atoms with Crippen LogP contribution >= 0.6 is 11.8 Å². The van der Waals surface area contributed by atoms with Gasteiger partial charge in [-0.25, -0.2) is 14.4 Å². The maximum absolute atomic E-state index is 13.2. The minimum atomic E-state index is -0.406. The highest BCUT2D eigenvalue weighted by Crippen LogP contribution is 2.28. The maximum atomic E-state index is 13.2. The average Bonchev–Trinajstić information content (AvgIpc) is 2.90. The van der Waals surface area contributed by atoms with Crippen LogP contribution in [0.15, 0.2) is 41.8 Å². The first-order valence-electron chi connectivity index (χ1n) is 6.90. The number of rotatable bonds is 4. The molecule has 8 heteroatoms. The van der Waals surface area contributed by atoms with Crippen molar-refractivity contribution in [3.05, 3.63) is 42.6 Å². The van der Waals surface area contributed by atoms with Crippen molar-refractivity contribution in [3.63, 3.8) is 0 Å². The Morgan fingerprint density at radius 1 is 1.39 bits per heavy atom. The number of aromatic nitrogens is 4. The van der Waals surface area contributed by atoms with E-state index in [9.17, 15) is 9.18 Å². The number of hydrogen-bond acceptors (Lipinski definition) is 5. The maximum Gasteiger partial charge on any atom is 0.237 e. The molecule has 3 aromatic rings. The van der Waals surface area contributed by atoms with Gasteiger partial charge in [0.15, 0.2) is 5.65 Å². The van der Waals surface area contributed by atoms with E-state index in [1.807, 2.05) is 0 Å². The lowest BCUT2D eigenvalue weighted by molar-refractivity contribution is -0.115. The van der Waals surface area contributed by atoms with Crippen LogP contribution in [0.5, 0.6) is 0 Å². The van der Waals surface area contributed by atoms with E-state index < -0.39 is 11.1 Å². The van der Waals surface area contributed by atoms with E-state index in [1.54, 1.807) is 37.0 Å². The monoisotopic (exact) mass is 331 g/mol. The van der Waals surface area contributed by atoms with E-state index in [1.165, 1.54) is 30.2 Å². The van der Waals surface area contributed by atoms with E-state index in [4.69, 9.17) is 0 Å². The van der Waals surface area contributed by atoms with Gasteiger partial charge in [0.1, 0.15) is 17.2 Å². The zero-order valence-corrected chi connectivity index (χ0v) is 13.3. The van der Waals surface area contributed by atoms with Crippen molar-refractivity contribution in [2.75, 3.05) is 5.32 Å². The molecule has 3 rings (SSSR count). The number of nitrogens with one attached hydrogen (secondary N) is 1. The summed E-state index contributed by atoms with van der Waals surface area (Å²) in [5.41, 5.74) is 1.14. The molecule has 0 saturated carbocycles. The number of nitrogens with zero attached hydrogens (tertiary/aromatic N) is 4. The molecule has 1 amide bonds. The van der Waals surface area contributed by atoms with Crippen LogP contribution < -0.4 is 5.32 Å². The molecule has 2 heterocycles. The van der Waals surface area contributed by atoms with Crippen molar-refractivity contribution in [3.8, 4) is 0 Å². The Labute approximate surface area is 136 Å². The van der Waals surface area contributed by atoms with Crippen molar-refractivity contribution in [1.82, 2.24) is 19.7 Å². The number of amides is 1. The molecule has 23 heavy (non-hydrogen) atoms. The van der Waals surface area contributed by atoms with Crippen molar-refractivity contribution < 1.29 is 9.18 Å². The third-order valence-electron chi connectivity index (χ3n) is 3.24. The van der Waals surface area contributed by atoms with Gasteiger partial charge in [0, 0.05) is 12.7 Å². The summed E-state index contributed by atoms with van der Waals surface area (Å²) < 4.78 is 14.8. The third kappa shape index (κ3) is 3.31. The predicted molar refractivity (Wildman–Crippen MR) is 86.7 cm³/mol. The van der Waals surface area contributed by atoms with E-state index in [0.29, 0.717) is 16.4 Å². The number of fused-ring (bicyclic) bond motifs is 1. The first-order valence-corrected chi connectivity index (χ1v) is 7.78. The Morgan fingerprint density at radius 2 is 2.22 bits per heavy atom. The van der Waals surface area contributed by atoms with Crippen molar-refractivity contribution >= 4 is 34.4 Å². The Hall–Kier alpha value is -2.48. The van der Waals surface area contributed by atoms with Crippen LogP contribution in [-0.2, 0) is 11.8 Å². The molecule has 0 aliphatic carbocycles. The number of carbonyl (C=O) groups excluding carboxylic acids is 1. The van der Waals surface area contributed by atoms with Gasteiger partial charge < -0.3 is 5.32 Å². The molecular weight excluding hydrogens is 317 g/mol. The van der Waals surface area contributed by atoms with E-state index in [2.05, 4.69) is 20.4 Å². The molecule has 0 aliphatic rings. The molecule has 1 unspecified atom stereocenters. The normalized spacial score (nSPS) is 12.3. The summed E-state index contributed by atoms with van der Waals surface area (Å²) in [5.74, 6) is -0.618. The fraction of sp³-hybridized carbons (Fsp3) is 0.200. The number of thioether (sulfide) groups is 1. The van der Waals surface area contributed by atoms with Gasteiger partial charge in [-0.1, -0.05) is 17.8 Å². The largest absolute Gasteiger partial charge is 0.325 e. The zero-order chi connectivity index (χ0) is 16.4. The Kier molecular flexibility index (Phi) is 4.24. The fourth-order valence-corrected chi connectivity index (χ4v) is 2.95. The molecule has 2 aromatic heterocycles. The lowest BCUT2D eigenvalue weighted by Crippen LogP contribution is -2.22. The Morgan fingerprint density at radius 3 is 3.00 bits per heavy atom. The lowest BCUT2D eigenvalue weighted by atomic mass is 10.3. The molecule has 0 radical (unpaired) electrons. The van der Waals surface area contributed by atoms with Gasteiger partial charge in [-0.2, -0.15) is 5.10 Å². The number of carbonyl (C=O) groups is 1. The summed E-state index contributed by atoms with van der Waals surface area (Å²) in [6, 6.07) is 5.79. The topological polar surface area (TPSA) is 72.7 Å². The van der Waals surface area contributed by atoms with Crippen LogP contribution in [-0.4, -0.2) is 30.9 Å². The molecule has 1 atom stereocenters. The molecule has 6 nitrogen and oxygen atoms in total. The average molecular weight is 331 g/mol. The quantitative estimate of drug-likeness (QED) is 0.588. The summed E-state index contributed by atoms with van der Waals surface area (Å²) in [5, 5.41) is 7.91. The SMILES string of the molecule is CC(Sc1ncnc2c1cnn2C)C(=O)Nc1cccc(F)c1. The first-order chi connectivity index (χ1) is 11.0. The highest BCUT2D eigenvalue weighted by Gasteiger charge is 2.18. The van der Waals surface area contributed by atoms with E-state index >= 15 is 0 Å². The van der Waals surface area contributed by atoms with Crippen LogP contribution in [0.4, 0.5) is 10.1 Å². The van der Waals surface area contributed by atoms with Gasteiger partial charge in [-0.05, 0) is 25.1 Å². The van der Waals surface area contributed by atoms with Crippen LogP contribution in [0.3, 0.4) is 0 Å². The van der Waals surface area contributed by atoms with Crippen molar-refractivity contribution in [2.45, 2.75) is 17.2 Å². The second kappa shape index (κ2) is 6.33. The number of halogens is 1. The van der Waals surface area contributed by atoms with Crippen molar-refractivity contribution in [2.24, 2.45) is 7.05 Å². The van der Waals surface area contributed by atoms with E-state index in [-0.39, 0.29) is 5.91 Å². The molecule has 1 aromatic carbocycles. The first kappa shape index (κ1) is 15.4. The van der Waals surface area contributed by atoms with Crippen LogP contribution in [0.1, 0.15) is 6.92 Å². The molecule has 118 valence electrons. The smallest absolute Gasteiger partial charge is 0.237 e. The summed E-state index contributed by atoms with van der Waals surface area (Å²) in [4.78, 5) is 20.6. The molecule has 0 fully saturated rings. The molecule has 0 aliphatic heterocycles. The standard InChI is InChI=1S/C15H14FN5OS/c1-9(14(22)20-11-5-3-4-10(16)6-11)23-15-12-7-19-21(2)13(12)17-8-18-15/h3-9H,1-2H3,(H,20,22). The predicted octanol–water partition coefficient (Wildman–Crippen LogP) is 2.62. The summed E-state index contributed by atoms with van der Waals surface area (Å²) in [6.45, 7) is 1.77. The number of benzene rings is 1. The fourth-order valence-electron chi connectivity index (χ4n) is 2.07.